The Labute approximate surface area is 115 Å². The van der Waals surface area contributed by atoms with E-state index in [-0.39, 0.29) is 11.9 Å². The van der Waals surface area contributed by atoms with Gasteiger partial charge in [-0.15, -0.1) is 0 Å². The average Bonchev–Trinajstić information content (AvgIpc) is 2.31. The Morgan fingerprint density at radius 2 is 2.06 bits per heavy atom. The summed E-state index contributed by atoms with van der Waals surface area (Å²) >= 11 is 3.31. The van der Waals surface area contributed by atoms with Crippen molar-refractivity contribution in [3.63, 3.8) is 0 Å². The molecule has 2 unspecified atom stereocenters. The van der Waals surface area contributed by atoms with Crippen LogP contribution in [0.4, 0.5) is 5.69 Å². The van der Waals surface area contributed by atoms with Gasteiger partial charge in [0.05, 0.1) is 12.1 Å². The molecule has 5 heteroatoms. The predicted octanol–water partition coefficient (Wildman–Crippen LogP) is 2.06. The summed E-state index contributed by atoms with van der Waals surface area (Å²) in [5.41, 5.74) is 6.75. The topological polar surface area (TPSA) is 75.4 Å². The molecule has 1 saturated carbocycles. The number of hydrogen-bond donors (Lipinski definition) is 3. The number of aliphatic hydroxyl groups excluding tert-OH is 1. The highest BCUT2D eigenvalue weighted by molar-refractivity contribution is 9.10. The van der Waals surface area contributed by atoms with E-state index in [0.29, 0.717) is 11.3 Å². The highest BCUT2D eigenvalue weighted by Crippen LogP contribution is 2.20. The van der Waals surface area contributed by atoms with Gasteiger partial charge >= 0.3 is 0 Å². The molecule has 1 aliphatic carbocycles. The van der Waals surface area contributed by atoms with Crippen LogP contribution in [0.2, 0.25) is 0 Å². The molecule has 1 fully saturated rings. The third-order valence-electron chi connectivity index (χ3n) is 3.23. The SMILES string of the molecule is Nc1cc(Br)cc(C(=O)NC2CCCCC2O)c1. The van der Waals surface area contributed by atoms with Crippen molar-refractivity contribution in [2.75, 3.05) is 5.73 Å². The first-order valence-electron chi connectivity index (χ1n) is 6.11. The van der Waals surface area contributed by atoms with E-state index in [9.17, 15) is 9.90 Å². The van der Waals surface area contributed by atoms with Crippen LogP contribution in [-0.2, 0) is 0 Å². The molecule has 0 saturated heterocycles. The molecule has 98 valence electrons. The molecule has 0 aliphatic heterocycles. The molecule has 1 aliphatic rings. The van der Waals surface area contributed by atoms with E-state index in [1.54, 1.807) is 18.2 Å². The minimum atomic E-state index is -0.438. The van der Waals surface area contributed by atoms with Crippen LogP contribution in [0.25, 0.3) is 0 Å². The van der Waals surface area contributed by atoms with Crippen LogP contribution in [0.3, 0.4) is 0 Å². The number of halogens is 1. The molecule has 0 bridgehead atoms. The Morgan fingerprint density at radius 3 is 2.72 bits per heavy atom. The number of anilines is 1. The maximum Gasteiger partial charge on any atom is 0.251 e. The number of nitrogen functional groups attached to an aromatic ring is 1. The monoisotopic (exact) mass is 312 g/mol. The number of carbonyl (C=O) groups excluding carboxylic acids is 1. The van der Waals surface area contributed by atoms with E-state index in [4.69, 9.17) is 5.73 Å². The summed E-state index contributed by atoms with van der Waals surface area (Å²) < 4.78 is 0.775. The van der Waals surface area contributed by atoms with Gasteiger partial charge in [0.1, 0.15) is 0 Å². The molecule has 4 nitrogen and oxygen atoms in total. The van der Waals surface area contributed by atoms with E-state index >= 15 is 0 Å². The Balaban J connectivity index is 2.06. The predicted molar refractivity (Wildman–Crippen MR) is 74.3 cm³/mol. The molecule has 0 aromatic heterocycles. The third kappa shape index (κ3) is 3.23. The minimum Gasteiger partial charge on any atom is -0.399 e. The summed E-state index contributed by atoms with van der Waals surface area (Å²) in [4.78, 5) is 12.1. The molecule has 1 aromatic carbocycles. The molecule has 2 rings (SSSR count). The van der Waals surface area contributed by atoms with Crippen molar-refractivity contribution in [1.82, 2.24) is 5.32 Å². The lowest BCUT2D eigenvalue weighted by Crippen LogP contribution is -2.45. The standard InChI is InChI=1S/C13H17BrN2O2/c14-9-5-8(6-10(15)7-9)13(18)16-11-3-1-2-4-12(11)17/h5-7,11-12,17H,1-4,15H2,(H,16,18). The van der Waals surface area contributed by atoms with Gasteiger partial charge in [-0.05, 0) is 31.0 Å². The van der Waals surface area contributed by atoms with Crippen molar-refractivity contribution >= 4 is 27.5 Å². The lowest BCUT2D eigenvalue weighted by Gasteiger charge is -2.28. The van der Waals surface area contributed by atoms with Gasteiger partial charge in [0.2, 0.25) is 0 Å². The number of amides is 1. The van der Waals surface area contributed by atoms with Gasteiger partial charge in [-0.3, -0.25) is 4.79 Å². The Bertz CT molecular complexity index is 430. The third-order valence-corrected chi connectivity index (χ3v) is 3.69. The zero-order chi connectivity index (χ0) is 13.1. The summed E-state index contributed by atoms with van der Waals surface area (Å²) in [5.74, 6) is -0.186. The van der Waals surface area contributed by atoms with Crippen LogP contribution < -0.4 is 11.1 Å². The summed E-state index contributed by atoms with van der Waals surface area (Å²) in [7, 11) is 0. The zero-order valence-corrected chi connectivity index (χ0v) is 11.6. The number of rotatable bonds is 2. The number of benzene rings is 1. The fourth-order valence-electron chi connectivity index (χ4n) is 2.27. The van der Waals surface area contributed by atoms with Crippen molar-refractivity contribution < 1.29 is 9.90 Å². The van der Waals surface area contributed by atoms with Gasteiger partial charge in [0.15, 0.2) is 0 Å². The first kappa shape index (κ1) is 13.4. The summed E-state index contributed by atoms with van der Waals surface area (Å²) in [6.45, 7) is 0. The molecule has 4 N–H and O–H groups in total. The van der Waals surface area contributed by atoms with Gasteiger partial charge in [-0.25, -0.2) is 0 Å². The van der Waals surface area contributed by atoms with Crippen LogP contribution in [0.1, 0.15) is 36.0 Å². The quantitative estimate of drug-likeness (QED) is 0.732. The zero-order valence-electron chi connectivity index (χ0n) is 10.0. The van der Waals surface area contributed by atoms with E-state index < -0.39 is 6.10 Å². The van der Waals surface area contributed by atoms with Gasteiger partial charge in [-0.2, -0.15) is 0 Å². The van der Waals surface area contributed by atoms with E-state index in [1.165, 1.54) is 0 Å². The van der Waals surface area contributed by atoms with Crippen LogP contribution >= 0.6 is 15.9 Å². The van der Waals surface area contributed by atoms with Crippen LogP contribution in [0.15, 0.2) is 22.7 Å². The molecule has 0 spiro atoms. The lowest BCUT2D eigenvalue weighted by molar-refractivity contribution is 0.0717. The smallest absolute Gasteiger partial charge is 0.251 e. The summed E-state index contributed by atoms with van der Waals surface area (Å²) in [5, 5.41) is 12.7. The lowest BCUT2D eigenvalue weighted by atomic mass is 9.92. The van der Waals surface area contributed by atoms with Crippen molar-refractivity contribution in [2.45, 2.75) is 37.8 Å². The average molecular weight is 313 g/mol. The second-order valence-electron chi connectivity index (χ2n) is 4.70. The second-order valence-corrected chi connectivity index (χ2v) is 5.62. The largest absolute Gasteiger partial charge is 0.399 e. The van der Waals surface area contributed by atoms with Crippen molar-refractivity contribution in [2.24, 2.45) is 0 Å². The number of nitrogens with one attached hydrogen (secondary N) is 1. The Kier molecular flexibility index (Phi) is 4.24. The molecular formula is C13H17BrN2O2. The van der Waals surface area contributed by atoms with Crippen LogP contribution in [0, 0.1) is 0 Å². The highest BCUT2D eigenvalue weighted by atomic mass is 79.9. The van der Waals surface area contributed by atoms with Crippen LogP contribution in [0.5, 0.6) is 0 Å². The van der Waals surface area contributed by atoms with E-state index in [2.05, 4.69) is 21.2 Å². The van der Waals surface area contributed by atoms with E-state index in [0.717, 1.165) is 30.2 Å². The first-order chi connectivity index (χ1) is 8.56. The summed E-state index contributed by atoms with van der Waals surface area (Å²) in [6.07, 6.45) is 3.22. The molecule has 1 amide bonds. The fourth-order valence-corrected chi connectivity index (χ4v) is 2.79. The van der Waals surface area contributed by atoms with Gasteiger partial charge < -0.3 is 16.2 Å². The Morgan fingerprint density at radius 1 is 1.33 bits per heavy atom. The molecule has 0 heterocycles. The van der Waals surface area contributed by atoms with Gasteiger partial charge in [0.25, 0.3) is 5.91 Å². The molecular weight excluding hydrogens is 296 g/mol. The number of hydrogen-bond acceptors (Lipinski definition) is 3. The van der Waals surface area contributed by atoms with Gasteiger partial charge in [-0.1, -0.05) is 28.8 Å². The fraction of sp³-hybridized carbons (Fsp3) is 0.462. The maximum atomic E-state index is 12.1. The highest BCUT2D eigenvalue weighted by Gasteiger charge is 2.24. The normalized spacial score (nSPS) is 23.7. The van der Waals surface area contributed by atoms with E-state index in [1.807, 2.05) is 0 Å². The number of nitrogens with two attached hydrogens (primary N) is 1. The molecule has 1 aromatic rings. The van der Waals surface area contributed by atoms with Crippen LogP contribution in [-0.4, -0.2) is 23.2 Å². The van der Waals surface area contributed by atoms with Gasteiger partial charge in [0, 0.05) is 15.7 Å². The minimum absolute atomic E-state index is 0.147. The first-order valence-corrected chi connectivity index (χ1v) is 6.90. The maximum absolute atomic E-state index is 12.1. The van der Waals surface area contributed by atoms with Crippen molar-refractivity contribution in [3.8, 4) is 0 Å². The molecule has 0 radical (unpaired) electrons. The van der Waals surface area contributed by atoms with Crippen molar-refractivity contribution in [3.05, 3.63) is 28.2 Å². The number of carbonyl (C=O) groups is 1. The summed E-state index contributed by atoms with van der Waals surface area (Å²) in [6, 6.07) is 4.95. The Hall–Kier alpha value is -1.07. The molecule has 18 heavy (non-hydrogen) atoms. The molecule has 2 atom stereocenters. The van der Waals surface area contributed by atoms with Crippen molar-refractivity contribution in [1.29, 1.82) is 0 Å². The number of aliphatic hydroxyl groups is 1. The second kappa shape index (κ2) is 5.71.